The largest absolute Gasteiger partial charge is 0.378 e. The zero-order chi connectivity index (χ0) is 18.3. The topological polar surface area (TPSA) is 117 Å². The van der Waals surface area contributed by atoms with E-state index >= 15 is 0 Å². The van der Waals surface area contributed by atoms with E-state index in [-0.39, 0.29) is 12.5 Å². The maximum absolute atomic E-state index is 11.7. The SMILES string of the molecule is CN(CC(=O)NCCNc1cc(N2CCOCC2)ncn1)S(C)(=O)=O. The van der Waals surface area contributed by atoms with Crippen molar-refractivity contribution in [1.29, 1.82) is 0 Å². The number of carbonyl (C=O) groups is 1. The molecule has 0 spiro atoms. The minimum absolute atomic E-state index is 0.201. The zero-order valence-electron chi connectivity index (χ0n) is 14.4. The molecule has 1 aliphatic heterocycles. The molecule has 1 aliphatic rings. The van der Waals surface area contributed by atoms with E-state index < -0.39 is 10.0 Å². The molecule has 11 heteroatoms. The third kappa shape index (κ3) is 6.44. The summed E-state index contributed by atoms with van der Waals surface area (Å²) >= 11 is 0. The van der Waals surface area contributed by atoms with Crippen molar-refractivity contribution in [1.82, 2.24) is 19.6 Å². The minimum Gasteiger partial charge on any atom is -0.378 e. The summed E-state index contributed by atoms with van der Waals surface area (Å²) in [5.74, 6) is 1.14. The van der Waals surface area contributed by atoms with Gasteiger partial charge in [-0.05, 0) is 0 Å². The van der Waals surface area contributed by atoms with E-state index in [1.165, 1.54) is 13.4 Å². The molecule has 1 saturated heterocycles. The van der Waals surface area contributed by atoms with Crippen LogP contribution in [-0.4, -0.2) is 87.8 Å². The average Bonchev–Trinajstić information content (AvgIpc) is 2.59. The Kier molecular flexibility index (Phi) is 6.91. The van der Waals surface area contributed by atoms with Gasteiger partial charge in [0.2, 0.25) is 15.9 Å². The Labute approximate surface area is 147 Å². The summed E-state index contributed by atoms with van der Waals surface area (Å²) in [6.07, 6.45) is 2.55. The first-order chi connectivity index (χ1) is 11.9. The molecule has 2 N–H and O–H groups in total. The quantitative estimate of drug-likeness (QED) is 0.543. The first-order valence-electron chi connectivity index (χ1n) is 7.93. The van der Waals surface area contributed by atoms with Crippen LogP contribution < -0.4 is 15.5 Å². The van der Waals surface area contributed by atoms with Crippen molar-refractivity contribution in [3.05, 3.63) is 12.4 Å². The highest BCUT2D eigenvalue weighted by Gasteiger charge is 2.15. The second kappa shape index (κ2) is 8.92. The molecule has 0 aromatic carbocycles. The highest BCUT2D eigenvalue weighted by atomic mass is 32.2. The number of anilines is 2. The van der Waals surface area contributed by atoms with Gasteiger partial charge in [-0.15, -0.1) is 0 Å². The molecule has 1 aromatic rings. The minimum atomic E-state index is -3.36. The molecule has 140 valence electrons. The fourth-order valence-corrected chi connectivity index (χ4v) is 2.53. The lowest BCUT2D eigenvalue weighted by Crippen LogP contribution is -2.39. The second-order valence-electron chi connectivity index (χ2n) is 5.66. The van der Waals surface area contributed by atoms with Crippen LogP contribution >= 0.6 is 0 Å². The lowest BCUT2D eigenvalue weighted by molar-refractivity contribution is -0.121. The molecule has 0 atom stereocenters. The van der Waals surface area contributed by atoms with Crippen molar-refractivity contribution in [2.24, 2.45) is 0 Å². The van der Waals surface area contributed by atoms with Gasteiger partial charge >= 0.3 is 0 Å². The third-order valence-electron chi connectivity index (χ3n) is 3.67. The van der Waals surface area contributed by atoms with Crippen LogP contribution in [-0.2, 0) is 19.6 Å². The number of nitrogens with one attached hydrogen (secondary N) is 2. The van der Waals surface area contributed by atoms with Crippen molar-refractivity contribution in [3.8, 4) is 0 Å². The van der Waals surface area contributed by atoms with E-state index in [4.69, 9.17) is 4.74 Å². The summed E-state index contributed by atoms with van der Waals surface area (Å²) in [5, 5.41) is 5.76. The van der Waals surface area contributed by atoms with E-state index in [0.29, 0.717) is 32.1 Å². The normalized spacial score (nSPS) is 15.2. The van der Waals surface area contributed by atoms with Crippen LogP contribution in [0.15, 0.2) is 12.4 Å². The summed E-state index contributed by atoms with van der Waals surface area (Å²) < 4.78 is 28.8. The molecule has 10 nitrogen and oxygen atoms in total. The number of amides is 1. The standard InChI is InChI=1S/C14H24N6O4S/c1-19(25(2,22)23)10-14(21)16-4-3-15-12-9-13(18-11-17-12)20-5-7-24-8-6-20/h9,11H,3-8,10H2,1-2H3,(H,16,21)(H,15,17,18). The smallest absolute Gasteiger partial charge is 0.235 e. The first kappa shape index (κ1) is 19.3. The predicted octanol–water partition coefficient (Wildman–Crippen LogP) is -1.27. The van der Waals surface area contributed by atoms with Crippen LogP contribution in [0.5, 0.6) is 0 Å². The maximum atomic E-state index is 11.7. The number of likely N-dealkylation sites (N-methyl/N-ethyl adjacent to an activating group) is 1. The fourth-order valence-electron chi connectivity index (χ4n) is 2.18. The van der Waals surface area contributed by atoms with Crippen LogP contribution in [0.4, 0.5) is 11.6 Å². The summed E-state index contributed by atoms with van der Waals surface area (Å²) in [7, 11) is -2.00. The first-order valence-corrected chi connectivity index (χ1v) is 9.78. The lowest BCUT2D eigenvalue weighted by Gasteiger charge is -2.27. The molecule has 1 aromatic heterocycles. The Balaban J connectivity index is 1.73. The van der Waals surface area contributed by atoms with E-state index in [2.05, 4.69) is 25.5 Å². The summed E-state index contributed by atoms with van der Waals surface area (Å²) in [4.78, 5) is 22.2. The number of carbonyl (C=O) groups excluding carboxylic acids is 1. The number of rotatable bonds is 8. The van der Waals surface area contributed by atoms with Gasteiger partial charge in [0.05, 0.1) is 26.0 Å². The van der Waals surface area contributed by atoms with Gasteiger partial charge in [0.1, 0.15) is 18.0 Å². The molecule has 0 unspecified atom stereocenters. The fraction of sp³-hybridized carbons (Fsp3) is 0.643. The van der Waals surface area contributed by atoms with E-state index in [1.807, 2.05) is 6.07 Å². The Morgan fingerprint density at radius 2 is 2.04 bits per heavy atom. The van der Waals surface area contributed by atoms with Gasteiger partial charge in [0.25, 0.3) is 0 Å². The molecule has 1 fully saturated rings. The van der Waals surface area contributed by atoms with E-state index in [1.54, 1.807) is 0 Å². The van der Waals surface area contributed by atoms with Crippen molar-refractivity contribution >= 4 is 27.6 Å². The number of aromatic nitrogens is 2. The third-order valence-corrected chi connectivity index (χ3v) is 4.93. The van der Waals surface area contributed by atoms with Gasteiger partial charge in [0.15, 0.2) is 0 Å². The highest BCUT2D eigenvalue weighted by Crippen LogP contribution is 2.15. The summed E-state index contributed by atoms with van der Waals surface area (Å²) in [6, 6.07) is 1.85. The number of hydrogen-bond acceptors (Lipinski definition) is 8. The molecular weight excluding hydrogens is 348 g/mol. The van der Waals surface area contributed by atoms with Crippen LogP contribution in [0.1, 0.15) is 0 Å². The highest BCUT2D eigenvalue weighted by molar-refractivity contribution is 7.88. The molecule has 2 heterocycles. The second-order valence-corrected chi connectivity index (χ2v) is 7.75. The molecular formula is C14H24N6O4S. The molecule has 0 radical (unpaired) electrons. The van der Waals surface area contributed by atoms with Gasteiger partial charge in [-0.2, -0.15) is 4.31 Å². The van der Waals surface area contributed by atoms with Crippen LogP contribution in [0.3, 0.4) is 0 Å². The molecule has 1 amide bonds. The van der Waals surface area contributed by atoms with Gasteiger partial charge in [0, 0.05) is 39.3 Å². The number of morpholine rings is 1. The summed E-state index contributed by atoms with van der Waals surface area (Å²) in [6.45, 7) is 3.57. The number of nitrogens with zero attached hydrogens (tertiary/aromatic N) is 4. The number of hydrogen-bond donors (Lipinski definition) is 2. The van der Waals surface area contributed by atoms with Gasteiger partial charge < -0.3 is 20.3 Å². The number of ether oxygens (including phenoxy) is 1. The Bertz CT molecular complexity index is 678. The van der Waals surface area contributed by atoms with Gasteiger partial charge in [-0.3, -0.25) is 4.79 Å². The molecule has 2 rings (SSSR count). The lowest BCUT2D eigenvalue weighted by atomic mass is 10.4. The molecule has 0 aliphatic carbocycles. The van der Waals surface area contributed by atoms with Crippen LogP contribution in [0.25, 0.3) is 0 Å². The van der Waals surface area contributed by atoms with E-state index in [9.17, 15) is 13.2 Å². The molecule has 0 saturated carbocycles. The summed E-state index contributed by atoms with van der Waals surface area (Å²) in [5.41, 5.74) is 0. The Morgan fingerprint density at radius 1 is 1.32 bits per heavy atom. The predicted molar refractivity (Wildman–Crippen MR) is 94.0 cm³/mol. The average molecular weight is 372 g/mol. The van der Waals surface area contributed by atoms with Crippen molar-refractivity contribution in [2.45, 2.75) is 0 Å². The van der Waals surface area contributed by atoms with Crippen molar-refractivity contribution < 1.29 is 17.9 Å². The van der Waals surface area contributed by atoms with Crippen molar-refractivity contribution in [2.75, 3.05) is 69.5 Å². The zero-order valence-corrected chi connectivity index (χ0v) is 15.3. The van der Waals surface area contributed by atoms with Crippen LogP contribution in [0, 0.1) is 0 Å². The van der Waals surface area contributed by atoms with E-state index in [0.717, 1.165) is 29.5 Å². The Hall–Kier alpha value is -1.98. The Morgan fingerprint density at radius 3 is 2.72 bits per heavy atom. The molecule has 0 bridgehead atoms. The van der Waals surface area contributed by atoms with Crippen LogP contribution in [0.2, 0.25) is 0 Å². The maximum Gasteiger partial charge on any atom is 0.235 e. The van der Waals surface area contributed by atoms with Gasteiger partial charge in [-0.1, -0.05) is 0 Å². The van der Waals surface area contributed by atoms with Gasteiger partial charge in [-0.25, -0.2) is 18.4 Å². The van der Waals surface area contributed by atoms with Crippen molar-refractivity contribution in [3.63, 3.8) is 0 Å². The molecule has 25 heavy (non-hydrogen) atoms. The monoisotopic (exact) mass is 372 g/mol. The number of sulfonamides is 1.